The summed E-state index contributed by atoms with van der Waals surface area (Å²) in [6.45, 7) is 3.53. The monoisotopic (exact) mass is 526 g/mol. The van der Waals surface area contributed by atoms with E-state index in [0.717, 1.165) is 41.0 Å². The number of nitrogens with zero attached hydrogens (tertiary/aromatic N) is 1. The van der Waals surface area contributed by atoms with Crippen LogP contribution in [-0.2, 0) is 10.3 Å². The van der Waals surface area contributed by atoms with Gasteiger partial charge in [-0.3, -0.25) is 14.6 Å². The number of rotatable bonds is 4. The summed E-state index contributed by atoms with van der Waals surface area (Å²) in [5.41, 5.74) is 23.2. The summed E-state index contributed by atoms with van der Waals surface area (Å²) in [6, 6.07) is 15.9. The molecule has 0 spiro atoms. The molecule has 4 aromatic rings. The largest absolute Gasteiger partial charge is 0.398 e. The summed E-state index contributed by atoms with van der Waals surface area (Å²) in [4.78, 5) is 32.7. The van der Waals surface area contributed by atoms with Gasteiger partial charge >= 0.3 is 0 Å². The second-order valence-corrected chi connectivity index (χ2v) is 11.2. The van der Waals surface area contributed by atoms with Gasteiger partial charge in [-0.15, -0.1) is 11.3 Å². The highest BCUT2D eigenvalue weighted by atomic mass is 32.1. The van der Waals surface area contributed by atoms with Crippen molar-refractivity contribution in [2.75, 3.05) is 18.8 Å². The second-order valence-electron chi connectivity index (χ2n) is 10.2. The number of carbonyl (C=O) groups is 2. The third-order valence-electron chi connectivity index (χ3n) is 7.63. The Labute approximate surface area is 224 Å². The predicted molar refractivity (Wildman–Crippen MR) is 151 cm³/mol. The Morgan fingerprint density at radius 3 is 2.71 bits per heavy atom. The SMILES string of the molecule is Cc1cc(C2(N)C(=O)C(N)c3c(C(=O)NC4CCCNC4)sc4c(N)ccc2c34)cc(-c2ccccc2)n1. The fourth-order valence-electron chi connectivity index (χ4n) is 5.73. The molecule has 1 saturated heterocycles. The van der Waals surface area contributed by atoms with Crippen LogP contribution in [0.15, 0.2) is 54.6 Å². The van der Waals surface area contributed by atoms with Crippen molar-refractivity contribution < 1.29 is 9.59 Å². The third kappa shape index (κ3) is 3.82. The Bertz CT molecular complexity index is 1580. The summed E-state index contributed by atoms with van der Waals surface area (Å²) in [5, 5.41) is 7.13. The maximum atomic E-state index is 14.1. The molecule has 8 nitrogen and oxygen atoms in total. The maximum Gasteiger partial charge on any atom is 0.262 e. The third-order valence-corrected chi connectivity index (χ3v) is 8.88. The number of thiophene rings is 1. The molecule has 1 aliphatic carbocycles. The second kappa shape index (κ2) is 9.28. The molecule has 1 fully saturated rings. The van der Waals surface area contributed by atoms with Gasteiger partial charge in [0, 0.05) is 40.5 Å². The molecule has 1 aliphatic heterocycles. The van der Waals surface area contributed by atoms with Crippen molar-refractivity contribution in [2.45, 2.75) is 37.4 Å². The number of carbonyl (C=O) groups excluding carboxylic acids is 2. The molecule has 6 rings (SSSR count). The van der Waals surface area contributed by atoms with E-state index in [-0.39, 0.29) is 17.7 Å². The van der Waals surface area contributed by atoms with Crippen molar-refractivity contribution in [3.05, 3.63) is 81.9 Å². The van der Waals surface area contributed by atoms with E-state index in [0.29, 0.717) is 39.2 Å². The normalized spacial score (nSPS) is 23.0. The molecular weight excluding hydrogens is 496 g/mol. The number of pyridine rings is 1. The van der Waals surface area contributed by atoms with Crippen molar-refractivity contribution in [1.29, 1.82) is 0 Å². The maximum absolute atomic E-state index is 14.1. The van der Waals surface area contributed by atoms with Crippen LogP contribution in [-0.4, -0.2) is 35.8 Å². The van der Waals surface area contributed by atoms with Crippen LogP contribution in [0.2, 0.25) is 0 Å². The number of benzene rings is 2. The first-order chi connectivity index (χ1) is 18.3. The average Bonchev–Trinajstić information content (AvgIpc) is 3.34. The van der Waals surface area contributed by atoms with Crippen molar-refractivity contribution in [3.8, 4) is 11.3 Å². The molecule has 3 atom stereocenters. The molecule has 3 unspecified atom stereocenters. The van der Waals surface area contributed by atoms with Crippen LogP contribution in [0, 0.1) is 6.92 Å². The van der Waals surface area contributed by atoms with E-state index < -0.39 is 11.6 Å². The van der Waals surface area contributed by atoms with Gasteiger partial charge in [-0.05, 0) is 55.6 Å². The number of hydrogen-bond donors (Lipinski definition) is 5. The van der Waals surface area contributed by atoms with E-state index in [1.165, 1.54) is 11.3 Å². The zero-order valence-electron chi connectivity index (χ0n) is 21.1. The Kier molecular flexibility index (Phi) is 6.03. The average molecular weight is 527 g/mol. The van der Waals surface area contributed by atoms with Gasteiger partial charge in [0.25, 0.3) is 5.91 Å². The molecule has 8 N–H and O–H groups in total. The molecule has 9 heteroatoms. The van der Waals surface area contributed by atoms with E-state index in [1.807, 2.05) is 49.4 Å². The lowest BCUT2D eigenvalue weighted by Gasteiger charge is -2.37. The van der Waals surface area contributed by atoms with Gasteiger partial charge in [0.1, 0.15) is 5.54 Å². The molecule has 2 aliphatic rings. The molecule has 2 aromatic heterocycles. The molecular formula is C29H30N6O2S. The molecule has 38 heavy (non-hydrogen) atoms. The highest BCUT2D eigenvalue weighted by Crippen LogP contribution is 2.49. The summed E-state index contributed by atoms with van der Waals surface area (Å²) in [5.74, 6) is -0.605. The van der Waals surface area contributed by atoms with Gasteiger partial charge in [-0.1, -0.05) is 36.4 Å². The topological polar surface area (TPSA) is 149 Å². The number of nitrogens with one attached hydrogen (secondary N) is 2. The lowest BCUT2D eigenvalue weighted by molar-refractivity contribution is -0.124. The smallest absolute Gasteiger partial charge is 0.262 e. The van der Waals surface area contributed by atoms with Crippen LogP contribution in [0.5, 0.6) is 0 Å². The number of aromatic nitrogens is 1. The van der Waals surface area contributed by atoms with Crippen molar-refractivity contribution >= 4 is 38.8 Å². The predicted octanol–water partition coefficient (Wildman–Crippen LogP) is 3.12. The first-order valence-electron chi connectivity index (χ1n) is 12.8. The zero-order valence-corrected chi connectivity index (χ0v) is 21.9. The fourth-order valence-corrected chi connectivity index (χ4v) is 6.93. The van der Waals surface area contributed by atoms with Crippen molar-refractivity contribution in [2.24, 2.45) is 11.5 Å². The van der Waals surface area contributed by atoms with E-state index >= 15 is 0 Å². The summed E-state index contributed by atoms with van der Waals surface area (Å²) in [6.07, 6.45) is 1.89. The summed E-state index contributed by atoms with van der Waals surface area (Å²) in [7, 11) is 0. The highest BCUT2D eigenvalue weighted by molar-refractivity contribution is 7.21. The zero-order chi connectivity index (χ0) is 26.6. The quantitative estimate of drug-likeness (QED) is 0.257. The van der Waals surface area contributed by atoms with Gasteiger partial charge in [0.15, 0.2) is 5.78 Å². The summed E-state index contributed by atoms with van der Waals surface area (Å²) >= 11 is 1.27. The molecule has 0 radical (unpaired) electrons. The number of ketones is 1. The van der Waals surface area contributed by atoms with Crippen LogP contribution in [0.4, 0.5) is 5.69 Å². The molecule has 194 valence electrons. The Morgan fingerprint density at radius 1 is 1.18 bits per heavy atom. The lowest BCUT2D eigenvalue weighted by atomic mass is 9.70. The first kappa shape index (κ1) is 24.7. The molecule has 2 aromatic carbocycles. The van der Waals surface area contributed by atoms with Gasteiger partial charge in [-0.25, -0.2) is 0 Å². The molecule has 3 heterocycles. The number of nitrogen functional groups attached to an aromatic ring is 1. The number of anilines is 1. The lowest BCUT2D eigenvalue weighted by Crippen LogP contribution is -2.52. The number of amides is 1. The molecule has 1 amide bonds. The van der Waals surface area contributed by atoms with Crippen LogP contribution < -0.4 is 27.8 Å². The number of Topliss-reactive ketones (excluding diaryl/α,β-unsaturated/α-hetero) is 1. The Balaban J connectivity index is 1.53. The minimum Gasteiger partial charge on any atom is -0.398 e. The number of hydrogen-bond acceptors (Lipinski definition) is 8. The van der Waals surface area contributed by atoms with E-state index in [2.05, 4.69) is 10.6 Å². The van der Waals surface area contributed by atoms with E-state index in [4.69, 9.17) is 22.2 Å². The minimum absolute atomic E-state index is 0.0193. The van der Waals surface area contributed by atoms with Crippen molar-refractivity contribution in [1.82, 2.24) is 15.6 Å². The van der Waals surface area contributed by atoms with Gasteiger partial charge in [0.05, 0.1) is 21.3 Å². The number of nitrogens with two attached hydrogens (primary N) is 3. The van der Waals surface area contributed by atoms with Crippen molar-refractivity contribution in [3.63, 3.8) is 0 Å². The van der Waals surface area contributed by atoms with Crippen LogP contribution >= 0.6 is 11.3 Å². The summed E-state index contributed by atoms with van der Waals surface area (Å²) < 4.78 is 0.719. The Morgan fingerprint density at radius 2 is 1.97 bits per heavy atom. The fraction of sp³-hybridized carbons (Fsp3) is 0.276. The van der Waals surface area contributed by atoms with Gasteiger partial charge in [-0.2, -0.15) is 0 Å². The Hall–Kier alpha value is -3.63. The highest BCUT2D eigenvalue weighted by Gasteiger charge is 2.49. The van der Waals surface area contributed by atoms with E-state index in [1.54, 1.807) is 12.1 Å². The standard InChI is InChI=1S/C29H30N6O2S/c1-15-12-17(13-21(34-15)16-6-3-2-4-7-16)29(32)19-9-10-20(30)25-22(19)23(24(31)27(29)36)26(38-25)28(37)35-18-8-5-11-33-14-18/h2-4,6-7,9-10,12-13,18,24,33H,5,8,11,14,30-32H2,1H3,(H,35,37). The van der Waals surface area contributed by atoms with Crippen LogP contribution in [0.3, 0.4) is 0 Å². The number of piperidine rings is 1. The van der Waals surface area contributed by atoms with Crippen LogP contribution in [0.25, 0.3) is 21.3 Å². The molecule has 0 saturated carbocycles. The first-order valence-corrected chi connectivity index (χ1v) is 13.6. The number of aryl methyl sites for hydroxylation is 1. The molecule has 0 bridgehead atoms. The minimum atomic E-state index is -1.53. The van der Waals surface area contributed by atoms with E-state index in [9.17, 15) is 9.59 Å². The van der Waals surface area contributed by atoms with Gasteiger partial charge < -0.3 is 27.8 Å². The van der Waals surface area contributed by atoms with Gasteiger partial charge in [0.2, 0.25) is 0 Å². The van der Waals surface area contributed by atoms with Crippen LogP contribution in [0.1, 0.15) is 50.9 Å².